The van der Waals surface area contributed by atoms with Crippen LogP contribution in [0.1, 0.15) is 18.5 Å². The van der Waals surface area contributed by atoms with E-state index >= 15 is 0 Å². The lowest BCUT2D eigenvalue weighted by Gasteiger charge is -2.16. The van der Waals surface area contributed by atoms with Crippen molar-refractivity contribution < 1.29 is 17.9 Å². The summed E-state index contributed by atoms with van der Waals surface area (Å²) in [6, 6.07) is 7.06. The molecule has 1 rings (SSSR count). The molecule has 0 aliphatic rings. The summed E-state index contributed by atoms with van der Waals surface area (Å²) < 4.78 is 38.7. The first-order valence-corrected chi connectivity index (χ1v) is 5.46. The summed E-state index contributed by atoms with van der Waals surface area (Å²) in [5.41, 5.74) is 0.848. The zero-order valence-electron chi connectivity index (χ0n) is 9.22. The van der Waals surface area contributed by atoms with Crippen molar-refractivity contribution in [3.63, 3.8) is 0 Å². The second kappa shape index (κ2) is 6.23. The number of benzene rings is 1. The molecule has 0 saturated heterocycles. The van der Waals surface area contributed by atoms with Gasteiger partial charge in [-0.15, -0.1) is 13.2 Å². The van der Waals surface area contributed by atoms with E-state index in [2.05, 4.69) is 10.1 Å². The van der Waals surface area contributed by atoms with E-state index in [9.17, 15) is 13.2 Å². The Morgan fingerprint density at radius 1 is 1.35 bits per heavy atom. The van der Waals surface area contributed by atoms with Crippen LogP contribution in [-0.4, -0.2) is 19.5 Å². The van der Waals surface area contributed by atoms with Crippen molar-refractivity contribution in [1.29, 1.82) is 0 Å². The molecule has 0 bridgehead atoms. The minimum atomic E-state index is -4.57. The van der Waals surface area contributed by atoms with Crippen LogP contribution in [0.5, 0.6) is 0 Å². The molecule has 17 heavy (non-hydrogen) atoms. The molecule has 0 amide bonds. The molecular weight excluding hydrogens is 255 g/mol. The molecule has 2 nitrogen and oxygen atoms in total. The van der Waals surface area contributed by atoms with Crippen LogP contribution >= 0.6 is 11.6 Å². The van der Waals surface area contributed by atoms with Crippen molar-refractivity contribution in [1.82, 2.24) is 5.32 Å². The number of rotatable bonds is 5. The van der Waals surface area contributed by atoms with E-state index in [1.54, 1.807) is 12.1 Å². The molecule has 0 fully saturated rings. The number of halogens is 4. The highest BCUT2D eigenvalue weighted by Gasteiger charge is 2.28. The van der Waals surface area contributed by atoms with Crippen molar-refractivity contribution in [2.45, 2.75) is 19.3 Å². The van der Waals surface area contributed by atoms with Gasteiger partial charge in [0.1, 0.15) is 0 Å². The Labute approximate surface area is 103 Å². The second-order valence-electron chi connectivity index (χ2n) is 3.49. The van der Waals surface area contributed by atoms with E-state index in [0.717, 1.165) is 5.56 Å². The molecule has 0 aliphatic heterocycles. The van der Waals surface area contributed by atoms with Gasteiger partial charge < -0.3 is 5.32 Å². The van der Waals surface area contributed by atoms with Gasteiger partial charge in [-0.05, 0) is 18.6 Å². The number of hydrogen-bond acceptors (Lipinski definition) is 2. The minimum Gasteiger partial charge on any atom is -0.308 e. The first-order chi connectivity index (χ1) is 7.90. The Balaban J connectivity index is 2.36. The van der Waals surface area contributed by atoms with Crippen LogP contribution in [0.15, 0.2) is 24.3 Å². The standard InChI is InChI=1S/C11H13ClF3NO/c1-8(9-4-2-3-5-10(9)12)16-6-7-17-11(13,14)15/h2-5,8,16H,6-7H2,1H3. The van der Waals surface area contributed by atoms with Gasteiger partial charge in [-0.3, -0.25) is 4.74 Å². The highest BCUT2D eigenvalue weighted by atomic mass is 35.5. The summed E-state index contributed by atoms with van der Waals surface area (Å²) in [6.07, 6.45) is -4.57. The largest absolute Gasteiger partial charge is 0.522 e. The quantitative estimate of drug-likeness (QED) is 0.824. The Kier molecular flexibility index (Phi) is 5.24. The molecule has 1 aromatic carbocycles. The minimum absolute atomic E-state index is 0.103. The maximum atomic E-state index is 11.7. The van der Waals surface area contributed by atoms with Crippen LogP contribution in [0, 0.1) is 0 Å². The molecule has 1 N–H and O–H groups in total. The molecular formula is C11H13ClF3NO. The van der Waals surface area contributed by atoms with Gasteiger partial charge in [0, 0.05) is 17.6 Å². The smallest absolute Gasteiger partial charge is 0.308 e. The lowest BCUT2D eigenvalue weighted by atomic mass is 10.1. The van der Waals surface area contributed by atoms with Crippen molar-refractivity contribution in [3.05, 3.63) is 34.9 Å². The second-order valence-corrected chi connectivity index (χ2v) is 3.90. The van der Waals surface area contributed by atoms with Crippen molar-refractivity contribution >= 4 is 11.6 Å². The fourth-order valence-corrected chi connectivity index (χ4v) is 1.68. The number of ether oxygens (including phenoxy) is 1. The maximum Gasteiger partial charge on any atom is 0.522 e. The Bertz CT molecular complexity index is 357. The summed E-state index contributed by atoms with van der Waals surface area (Å²) >= 11 is 5.95. The summed E-state index contributed by atoms with van der Waals surface area (Å²) in [4.78, 5) is 0. The van der Waals surface area contributed by atoms with Crippen molar-refractivity contribution in [2.24, 2.45) is 0 Å². The van der Waals surface area contributed by atoms with Gasteiger partial charge in [0.05, 0.1) is 6.61 Å². The predicted octanol–water partition coefficient (Wildman–Crippen LogP) is 3.53. The van der Waals surface area contributed by atoms with Crippen LogP contribution in [-0.2, 0) is 4.74 Å². The average Bonchev–Trinajstić information content (AvgIpc) is 2.23. The zero-order valence-corrected chi connectivity index (χ0v) is 9.98. The molecule has 6 heteroatoms. The monoisotopic (exact) mass is 267 g/mol. The maximum absolute atomic E-state index is 11.7. The highest BCUT2D eigenvalue weighted by molar-refractivity contribution is 6.31. The fourth-order valence-electron chi connectivity index (χ4n) is 1.38. The normalized spacial score (nSPS) is 13.7. The molecule has 0 aliphatic carbocycles. The van der Waals surface area contributed by atoms with Gasteiger partial charge in [0.25, 0.3) is 0 Å². The zero-order chi connectivity index (χ0) is 12.9. The summed E-state index contributed by atoms with van der Waals surface area (Å²) in [5.74, 6) is 0. The lowest BCUT2D eigenvalue weighted by molar-refractivity contribution is -0.323. The van der Waals surface area contributed by atoms with Gasteiger partial charge >= 0.3 is 6.36 Å². The van der Waals surface area contributed by atoms with Gasteiger partial charge in [0.15, 0.2) is 0 Å². The Hall–Kier alpha value is -0.780. The van der Waals surface area contributed by atoms with Crippen LogP contribution in [0.3, 0.4) is 0 Å². The third kappa shape index (κ3) is 5.39. The van der Waals surface area contributed by atoms with E-state index in [0.29, 0.717) is 5.02 Å². The highest BCUT2D eigenvalue weighted by Crippen LogP contribution is 2.22. The van der Waals surface area contributed by atoms with Gasteiger partial charge in [0.2, 0.25) is 0 Å². The molecule has 0 saturated carbocycles. The predicted molar refractivity (Wildman–Crippen MR) is 59.9 cm³/mol. The van der Waals surface area contributed by atoms with Crippen LogP contribution < -0.4 is 5.32 Å². The van der Waals surface area contributed by atoms with Crippen LogP contribution in [0.2, 0.25) is 5.02 Å². The van der Waals surface area contributed by atoms with E-state index in [1.165, 1.54) is 0 Å². The molecule has 1 atom stereocenters. The molecule has 0 radical (unpaired) electrons. The van der Waals surface area contributed by atoms with Gasteiger partial charge in [-0.25, -0.2) is 0 Å². The molecule has 1 aromatic rings. The molecule has 0 heterocycles. The first kappa shape index (κ1) is 14.3. The Morgan fingerprint density at radius 2 is 2.00 bits per heavy atom. The van der Waals surface area contributed by atoms with Crippen molar-refractivity contribution in [2.75, 3.05) is 13.2 Å². The molecule has 1 unspecified atom stereocenters. The van der Waals surface area contributed by atoms with Crippen LogP contribution in [0.4, 0.5) is 13.2 Å². The van der Waals surface area contributed by atoms with E-state index in [4.69, 9.17) is 11.6 Å². The van der Waals surface area contributed by atoms with E-state index < -0.39 is 13.0 Å². The third-order valence-electron chi connectivity index (χ3n) is 2.19. The summed E-state index contributed by atoms with van der Waals surface area (Å²) in [5, 5.41) is 3.49. The lowest BCUT2D eigenvalue weighted by Crippen LogP contribution is -2.26. The van der Waals surface area contributed by atoms with Crippen molar-refractivity contribution in [3.8, 4) is 0 Å². The summed E-state index contributed by atoms with van der Waals surface area (Å²) in [6.45, 7) is 1.51. The topological polar surface area (TPSA) is 21.3 Å². The van der Waals surface area contributed by atoms with E-state index in [1.807, 2.05) is 19.1 Å². The van der Waals surface area contributed by atoms with Crippen LogP contribution in [0.25, 0.3) is 0 Å². The van der Waals surface area contributed by atoms with E-state index in [-0.39, 0.29) is 12.6 Å². The number of hydrogen-bond donors (Lipinski definition) is 1. The Morgan fingerprint density at radius 3 is 2.59 bits per heavy atom. The average molecular weight is 268 g/mol. The van der Waals surface area contributed by atoms with Gasteiger partial charge in [-0.2, -0.15) is 0 Å². The third-order valence-corrected chi connectivity index (χ3v) is 2.53. The summed E-state index contributed by atoms with van der Waals surface area (Å²) in [7, 11) is 0. The first-order valence-electron chi connectivity index (χ1n) is 5.08. The number of nitrogens with one attached hydrogen (secondary N) is 1. The molecule has 96 valence electrons. The van der Waals surface area contributed by atoms with Gasteiger partial charge in [-0.1, -0.05) is 29.8 Å². The molecule has 0 aromatic heterocycles. The number of alkyl halides is 3. The molecule has 0 spiro atoms. The fraction of sp³-hybridized carbons (Fsp3) is 0.455. The SMILES string of the molecule is CC(NCCOC(F)(F)F)c1ccccc1Cl.